The van der Waals surface area contributed by atoms with E-state index >= 15 is 0 Å². The molecule has 0 saturated heterocycles. The van der Waals surface area contributed by atoms with Gasteiger partial charge in [-0.15, -0.1) is 0 Å². The van der Waals surface area contributed by atoms with Gasteiger partial charge in [0.25, 0.3) is 5.91 Å². The molecule has 0 fully saturated rings. The Morgan fingerprint density at radius 3 is 2.87 bits per heavy atom. The maximum atomic E-state index is 12.1. The van der Waals surface area contributed by atoms with E-state index in [1.165, 1.54) is 5.56 Å². The molecule has 2 aromatic heterocycles. The Morgan fingerprint density at radius 2 is 2.17 bits per heavy atom. The third-order valence-corrected chi connectivity index (χ3v) is 3.63. The summed E-state index contributed by atoms with van der Waals surface area (Å²) in [7, 11) is 4.06. The van der Waals surface area contributed by atoms with Crippen molar-refractivity contribution in [2.75, 3.05) is 14.1 Å². The lowest BCUT2D eigenvalue weighted by molar-refractivity contribution is -0.116. The van der Waals surface area contributed by atoms with E-state index in [0.29, 0.717) is 11.3 Å². The first kappa shape index (κ1) is 15.2. The van der Waals surface area contributed by atoms with E-state index in [1.54, 1.807) is 12.4 Å². The van der Waals surface area contributed by atoms with E-state index in [2.05, 4.69) is 31.5 Å². The fourth-order valence-corrected chi connectivity index (χ4v) is 2.56. The third kappa shape index (κ3) is 3.22. The molecule has 1 amide bonds. The van der Waals surface area contributed by atoms with Crippen molar-refractivity contribution in [3.63, 3.8) is 0 Å². The lowest BCUT2D eigenvalue weighted by Gasteiger charge is -2.07. The van der Waals surface area contributed by atoms with Gasteiger partial charge in [0.15, 0.2) is 0 Å². The first-order chi connectivity index (χ1) is 11.0. The van der Waals surface area contributed by atoms with Crippen LogP contribution in [0, 0.1) is 6.92 Å². The molecule has 0 aliphatic carbocycles. The summed E-state index contributed by atoms with van der Waals surface area (Å²) in [5, 5.41) is 4.13. The highest BCUT2D eigenvalue weighted by molar-refractivity contribution is 6.33. The van der Waals surface area contributed by atoms with E-state index in [1.807, 2.05) is 39.2 Å². The number of H-pyrrole nitrogens is 1. The van der Waals surface area contributed by atoms with Crippen molar-refractivity contribution < 1.29 is 4.79 Å². The number of amides is 1. The molecule has 3 rings (SSSR count). The number of pyridine rings is 1. The van der Waals surface area contributed by atoms with Gasteiger partial charge in [0.1, 0.15) is 5.71 Å². The highest BCUT2D eigenvalue weighted by Crippen LogP contribution is 2.19. The van der Waals surface area contributed by atoms with E-state index in [9.17, 15) is 4.79 Å². The van der Waals surface area contributed by atoms with Gasteiger partial charge in [-0.2, -0.15) is 5.10 Å². The van der Waals surface area contributed by atoms with Crippen molar-refractivity contribution in [2.45, 2.75) is 13.5 Å². The topological polar surface area (TPSA) is 73.4 Å². The lowest BCUT2D eigenvalue weighted by atomic mass is 10.0. The molecular weight excluding hydrogens is 290 g/mol. The SMILES string of the molecule is Cc1[nH]c(C=C2C(=O)NN=C2c2cccnc2)cc1CN(C)C. The van der Waals surface area contributed by atoms with Crippen molar-refractivity contribution in [2.24, 2.45) is 5.10 Å². The average molecular weight is 309 g/mol. The number of hydrogen-bond donors (Lipinski definition) is 2. The molecule has 0 unspecified atom stereocenters. The summed E-state index contributed by atoms with van der Waals surface area (Å²) >= 11 is 0. The molecule has 3 heterocycles. The summed E-state index contributed by atoms with van der Waals surface area (Å²) < 4.78 is 0. The zero-order chi connectivity index (χ0) is 16.4. The van der Waals surface area contributed by atoms with Gasteiger partial charge >= 0.3 is 0 Å². The van der Waals surface area contributed by atoms with Crippen LogP contribution in [0.5, 0.6) is 0 Å². The molecule has 2 N–H and O–H groups in total. The van der Waals surface area contributed by atoms with Crippen LogP contribution < -0.4 is 5.43 Å². The number of aryl methyl sites for hydroxylation is 1. The standard InChI is InChI=1S/C17H19N5O/c1-11-13(10-22(2)3)7-14(19-11)8-15-16(20-21-17(15)23)12-5-4-6-18-9-12/h4-9,19H,10H2,1-3H3,(H,21,23). The Morgan fingerprint density at radius 1 is 1.35 bits per heavy atom. The Balaban J connectivity index is 1.94. The second-order valence-electron chi connectivity index (χ2n) is 5.81. The maximum Gasteiger partial charge on any atom is 0.273 e. The number of aromatic nitrogens is 2. The second kappa shape index (κ2) is 6.18. The second-order valence-corrected chi connectivity index (χ2v) is 5.81. The summed E-state index contributed by atoms with van der Waals surface area (Å²) in [6, 6.07) is 5.78. The highest BCUT2D eigenvalue weighted by Gasteiger charge is 2.24. The number of carbonyl (C=O) groups is 1. The van der Waals surface area contributed by atoms with Crippen LogP contribution in [0.15, 0.2) is 41.3 Å². The predicted molar refractivity (Wildman–Crippen MR) is 89.8 cm³/mol. The van der Waals surface area contributed by atoms with Crippen LogP contribution in [0.1, 0.15) is 22.5 Å². The highest BCUT2D eigenvalue weighted by atomic mass is 16.2. The molecule has 1 aliphatic heterocycles. The summed E-state index contributed by atoms with van der Waals surface area (Å²) in [5.74, 6) is -0.203. The Kier molecular flexibility index (Phi) is 4.08. The van der Waals surface area contributed by atoms with Gasteiger partial charge < -0.3 is 9.88 Å². The number of hydrazone groups is 1. The van der Waals surface area contributed by atoms with Crippen LogP contribution in [-0.2, 0) is 11.3 Å². The normalized spacial score (nSPS) is 16.1. The first-order valence-corrected chi connectivity index (χ1v) is 7.38. The zero-order valence-electron chi connectivity index (χ0n) is 13.4. The average Bonchev–Trinajstić information content (AvgIpc) is 3.04. The van der Waals surface area contributed by atoms with Gasteiger partial charge in [0, 0.05) is 35.9 Å². The molecule has 0 saturated carbocycles. The summed E-state index contributed by atoms with van der Waals surface area (Å²) in [6.45, 7) is 2.88. The van der Waals surface area contributed by atoms with Crippen molar-refractivity contribution in [3.05, 3.63) is 58.7 Å². The van der Waals surface area contributed by atoms with Crippen LogP contribution in [-0.4, -0.2) is 40.6 Å². The minimum absolute atomic E-state index is 0.203. The van der Waals surface area contributed by atoms with Gasteiger partial charge in [0.05, 0.1) is 5.57 Å². The minimum Gasteiger partial charge on any atom is -0.359 e. The number of carbonyl (C=O) groups excluding carboxylic acids is 1. The van der Waals surface area contributed by atoms with Gasteiger partial charge in [0.2, 0.25) is 0 Å². The molecular formula is C17H19N5O. The van der Waals surface area contributed by atoms with Crippen molar-refractivity contribution >= 4 is 17.7 Å². The number of aromatic amines is 1. The Hall–Kier alpha value is -2.73. The molecule has 0 atom stereocenters. The quantitative estimate of drug-likeness (QED) is 0.844. The van der Waals surface area contributed by atoms with Gasteiger partial charge in [-0.3, -0.25) is 9.78 Å². The summed E-state index contributed by atoms with van der Waals surface area (Å²) in [4.78, 5) is 21.6. The summed E-state index contributed by atoms with van der Waals surface area (Å²) in [5.41, 5.74) is 7.69. The van der Waals surface area contributed by atoms with E-state index in [-0.39, 0.29) is 5.91 Å². The summed E-state index contributed by atoms with van der Waals surface area (Å²) in [6.07, 6.45) is 5.23. The third-order valence-electron chi connectivity index (χ3n) is 3.63. The van der Waals surface area contributed by atoms with Crippen molar-refractivity contribution in [3.8, 4) is 0 Å². The number of nitrogens with zero attached hydrogens (tertiary/aromatic N) is 3. The van der Waals surface area contributed by atoms with Crippen LogP contribution in [0.4, 0.5) is 0 Å². The van der Waals surface area contributed by atoms with Crippen LogP contribution >= 0.6 is 0 Å². The monoisotopic (exact) mass is 309 g/mol. The Labute approximate surface area is 134 Å². The molecule has 6 heteroatoms. The van der Waals surface area contributed by atoms with Crippen LogP contribution in [0.3, 0.4) is 0 Å². The fraction of sp³-hybridized carbons (Fsp3) is 0.235. The number of rotatable bonds is 4. The van der Waals surface area contributed by atoms with E-state index in [0.717, 1.165) is 23.5 Å². The zero-order valence-corrected chi connectivity index (χ0v) is 13.4. The molecule has 6 nitrogen and oxygen atoms in total. The maximum absolute atomic E-state index is 12.1. The molecule has 118 valence electrons. The molecule has 0 radical (unpaired) electrons. The fourth-order valence-electron chi connectivity index (χ4n) is 2.56. The van der Waals surface area contributed by atoms with E-state index < -0.39 is 0 Å². The number of hydrogen-bond acceptors (Lipinski definition) is 4. The van der Waals surface area contributed by atoms with Crippen molar-refractivity contribution in [1.82, 2.24) is 20.3 Å². The van der Waals surface area contributed by atoms with Gasteiger partial charge in [-0.05, 0) is 50.9 Å². The molecule has 0 bridgehead atoms. The predicted octanol–water partition coefficient (Wildman–Crippen LogP) is 1.70. The van der Waals surface area contributed by atoms with Crippen molar-refractivity contribution in [1.29, 1.82) is 0 Å². The molecule has 0 aromatic carbocycles. The molecule has 23 heavy (non-hydrogen) atoms. The smallest absolute Gasteiger partial charge is 0.273 e. The molecule has 0 spiro atoms. The largest absolute Gasteiger partial charge is 0.359 e. The van der Waals surface area contributed by atoms with E-state index in [4.69, 9.17) is 0 Å². The molecule has 2 aromatic rings. The van der Waals surface area contributed by atoms with Crippen LogP contribution in [0.2, 0.25) is 0 Å². The molecule has 1 aliphatic rings. The number of nitrogens with one attached hydrogen (secondary N) is 2. The Bertz CT molecular complexity index is 787. The lowest BCUT2D eigenvalue weighted by Crippen LogP contribution is -2.13. The first-order valence-electron chi connectivity index (χ1n) is 7.38. The van der Waals surface area contributed by atoms with Gasteiger partial charge in [-0.1, -0.05) is 0 Å². The van der Waals surface area contributed by atoms with Gasteiger partial charge in [-0.25, -0.2) is 5.43 Å². The minimum atomic E-state index is -0.203. The van der Waals surface area contributed by atoms with Crippen LogP contribution in [0.25, 0.3) is 6.08 Å².